The molecule has 0 spiro atoms. The zero-order chi connectivity index (χ0) is 19.2. The zero-order valence-electron chi connectivity index (χ0n) is 15.0. The summed E-state index contributed by atoms with van der Waals surface area (Å²) in [5.74, 6) is 0.972. The lowest BCUT2D eigenvalue weighted by atomic mass is 10.1. The molecule has 3 aromatic rings. The van der Waals surface area contributed by atoms with Crippen molar-refractivity contribution in [3.63, 3.8) is 0 Å². The number of carbonyl (C=O) groups is 2. The maximum Gasteiger partial charge on any atom is 0.229 e. The second kappa shape index (κ2) is 8.09. The van der Waals surface area contributed by atoms with Gasteiger partial charge in [0, 0.05) is 35.7 Å². The Hall–Kier alpha value is -3.74. The highest BCUT2D eigenvalue weighted by Crippen LogP contribution is 2.19. The molecule has 27 heavy (non-hydrogen) atoms. The molecule has 136 valence electrons. The van der Waals surface area contributed by atoms with Crippen LogP contribution < -0.4 is 16.0 Å². The van der Waals surface area contributed by atoms with E-state index in [2.05, 4.69) is 25.9 Å². The number of hydrogen-bond acceptors (Lipinski definition) is 6. The number of amides is 1. The highest BCUT2D eigenvalue weighted by molar-refractivity contribution is 5.94. The number of rotatable bonds is 6. The van der Waals surface area contributed by atoms with Crippen molar-refractivity contribution in [2.75, 3.05) is 16.0 Å². The van der Waals surface area contributed by atoms with Crippen LogP contribution in [0.25, 0.3) is 0 Å². The van der Waals surface area contributed by atoms with E-state index in [1.54, 1.807) is 36.5 Å². The summed E-state index contributed by atoms with van der Waals surface area (Å²) in [7, 11) is 0. The largest absolute Gasteiger partial charge is 0.340 e. The lowest BCUT2D eigenvalue weighted by molar-refractivity contribution is -0.114. The molecule has 1 heterocycles. The Morgan fingerprint density at radius 1 is 0.778 bits per heavy atom. The van der Waals surface area contributed by atoms with Crippen molar-refractivity contribution in [2.24, 2.45) is 0 Å². The van der Waals surface area contributed by atoms with Crippen LogP contribution in [0.2, 0.25) is 0 Å². The van der Waals surface area contributed by atoms with Crippen LogP contribution in [-0.4, -0.2) is 21.7 Å². The average Bonchev–Trinajstić information content (AvgIpc) is 2.64. The molecule has 0 saturated carbocycles. The fourth-order valence-corrected chi connectivity index (χ4v) is 2.39. The minimum Gasteiger partial charge on any atom is -0.340 e. The first-order chi connectivity index (χ1) is 13.0. The molecule has 7 nitrogen and oxygen atoms in total. The fraction of sp³-hybridized carbons (Fsp3) is 0.100. The minimum absolute atomic E-state index is 0.0274. The number of Topliss-reactive ketones (excluding diaryl/α,β-unsaturated/α-hetero) is 1. The number of anilines is 5. The molecule has 3 N–H and O–H groups in total. The molecule has 0 aliphatic carbocycles. The molecule has 7 heteroatoms. The van der Waals surface area contributed by atoms with Crippen molar-refractivity contribution in [1.29, 1.82) is 0 Å². The Kier molecular flexibility index (Phi) is 5.41. The predicted molar refractivity (Wildman–Crippen MR) is 106 cm³/mol. The molecule has 0 unspecified atom stereocenters. The van der Waals surface area contributed by atoms with Crippen LogP contribution in [0.4, 0.5) is 28.8 Å². The SMILES string of the molecule is CC(=O)Nc1ccc(Nc2nccc(Nc3ccc(C(C)=O)cc3)n2)cc1. The second-order valence-electron chi connectivity index (χ2n) is 5.91. The van der Waals surface area contributed by atoms with Gasteiger partial charge in [-0.15, -0.1) is 0 Å². The summed E-state index contributed by atoms with van der Waals surface area (Å²) in [6.07, 6.45) is 1.65. The third-order valence-electron chi connectivity index (χ3n) is 3.68. The topological polar surface area (TPSA) is 96.0 Å². The van der Waals surface area contributed by atoms with Crippen molar-refractivity contribution in [1.82, 2.24) is 9.97 Å². The van der Waals surface area contributed by atoms with Crippen LogP contribution in [0.1, 0.15) is 24.2 Å². The van der Waals surface area contributed by atoms with Crippen LogP contribution in [0.3, 0.4) is 0 Å². The number of hydrogen-bond donors (Lipinski definition) is 3. The summed E-state index contributed by atoms with van der Waals surface area (Å²) in [6.45, 7) is 3.00. The summed E-state index contributed by atoms with van der Waals surface area (Å²) < 4.78 is 0. The Balaban J connectivity index is 1.68. The first kappa shape index (κ1) is 18.1. The summed E-state index contributed by atoms with van der Waals surface area (Å²) in [6, 6.07) is 16.2. The van der Waals surface area contributed by atoms with Gasteiger partial charge in [0.2, 0.25) is 11.9 Å². The summed E-state index contributed by atoms with van der Waals surface area (Å²) in [4.78, 5) is 31.0. The maximum absolute atomic E-state index is 11.3. The number of nitrogens with zero attached hydrogens (tertiary/aromatic N) is 2. The molecular formula is C20H19N5O2. The van der Waals surface area contributed by atoms with Crippen molar-refractivity contribution in [3.05, 3.63) is 66.4 Å². The predicted octanol–water partition coefficient (Wildman–Crippen LogP) is 4.12. The number of aromatic nitrogens is 2. The highest BCUT2D eigenvalue weighted by Gasteiger charge is 2.03. The number of nitrogens with one attached hydrogen (secondary N) is 3. The second-order valence-corrected chi connectivity index (χ2v) is 5.91. The lowest BCUT2D eigenvalue weighted by Gasteiger charge is -2.09. The standard InChI is InChI=1S/C20H19N5O2/c1-13(26)15-3-5-17(6-4-15)23-19-11-12-21-20(25-19)24-18-9-7-16(8-10-18)22-14(2)27/h3-12H,1-2H3,(H,22,27)(H2,21,23,24,25). The van der Waals surface area contributed by atoms with E-state index < -0.39 is 0 Å². The van der Waals surface area contributed by atoms with Crippen LogP contribution in [0, 0.1) is 0 Å². The molecule has 0 atom stereocenters. The maximum atomic E-state index is 11.3. The fourth-order valence-electron chi connectivity index (χ4n) is 2.39. The van der Waals surface area contributed by atoms with Gasteiger partial charge >= 0.3 is 0 Å². The van der Waals surface area contributed by atoms with Crippen LogP contribution in [-0.2, 0) is 4.79 Å². The third kappa shape index (κ3) is 5.12. The van der Waals surface area contributed by atoms with Crippen molar-refractivity contribution in [3.8, 4) is 0 Å². The average molecular weight is 361 g/mol. The van der Waals surface area contributed by atoms with E-state index in [4.69, 9.17) is 0 Å². The van der Waals surface area contributed by atoms with Gasteiger partial charge in [0.1, 0.15) is 5.82 Å². The van der Waals surface area contributed by atoms with Gasteiger partial charge in [-0.2, -0.15) is 4.98 Å². The van der Waals surface area contributed by atoms with E-state index in [1.165, 1.54) is 13.8 Å². The van der Waals surface area contributed by atoms with E-state index in [0.717, 1.165) is 17.1 Å². The van der Waals surface area contributed by atoms with Gasteiger partial charge in [-0.05, 0) is 61.5 Å². The van der Waals surface area contributed by atoms with Gasteiger partial charge in [-0.3, -0.25) is 9.59 Å². The van der Waals surface area contributed by atoms with Gasteiger partial charge in [-0.1, -0.05) is 0 Å². The summed E-state index contributed by atoms with van der Waals surface area (Å²) in [5, 5.41) is 9.01. The monoisotopic (exact) mass is 361 g/mol. The van der Waals surface area contributed by atoms with Gasteiger partial charge in [0.05, 0.1) is 0 Å². The molecule has 1 amide bonds. The summed E-state index contributed by atoms with van der Waals surface area (Å²) in [5.41, 5.74) is 3.00. The van der Waals surface area contributed by atoms with Crippen LogP contribution >= 0.6 is 0 Å². The molecule has 2 aromatic carbocycles. The number of benzene rings is 2. The van der Waals surface area contributed by atoms with Gasteiger partial charge < -0.3 is 16.0 Å². The molecular weight excluding hydrogens is 342 g/mol. The molecule has 0 aliphatic heterocycles. The molecule has 0 bridgehead atoms. The van der Waals surface area contributed by atoms with Gasteiger partial charge in [0.15, 0.2) is 5.78 Å². The molecule has 0 saturated heterocycles. The molecule has 1 aromatic heterocycles. The first-order valence-corrected chi connectivity index (χ1v) is 8.35. The van der Waals surface area contributed by atoms with Gasteiger partial charge in [-0.25, -0.2) is 4.98 Å². The van der Waals surface area contributed by atoms with Crippen LogP contribution in [0.15, 0.2) is 60.8 Å². The van der Waals surface area contributed by atoms with Crippen molar-refractivity contribution < 1.29 is 9.59 Å². The number of carbonyl (C=O) groups excluding carboxylic acids is 2. The highest BCUT2D eigenvalue weighted by atomic mass is 16.1. The molecule has 3 rings (SSSR count). The minimum atomic E-state index is -0.117. The molecule has 0 radical (unpaired) electrons. The smallest absolute Gasteiger partial charge is 0.229 e. The van der Waals surface area contributed by atoms with E-state index >= 15 is 0 Å². The van der Waals surface area contributed by atoms with Crippen molar-refractivity contribution >= 4 is 40.5 Å². The lowest BCUT2D eigenvalue weighted by Crippen LogP contribution is -2.05. The summed E-state index contributed by atoms with van der Waals surface area (Å²) >= 11 is 0. The Bertz CT molecular complexity index is 953. The van der Waals surface area contributed by atoms with Gasteiger partial charge in [0.25, 0.3) is 0 Å². The molecule has 0 aliphatic rings. The first-order valence-electron chi connectivity index (χ1n) is 8.35. The van der Waals surface area contributed by atoms with Crippen LogP contribution in [0.5, 0.6) is 0 Å². The third-order valence-corrected chi connectivity index (χ3v) is 3.68. The van der Waals surface area contributed by atoms with E-state index in [-0.39, 0.29) is 11.7 Å². The number of ketones is 1. The van der Waals surface area contributed by atoms with Crippen molar-refractivity contribution in [2.45, 2.75) is 13.8 Å². The Morgan fingerprint density at radius 2 is 1.37 bits per heavy atom. The van der Waals surface area contributed by atoms with E-state index in [0.29, 0.717) is 17.3 Å². The Labute approximate surface area is 156 Å². The quantitative estimate of drug-likeness (QED) is 0.572. The Morgan fingerprint density at radius 3 is 2.00 bits per heavy atom. The van der Waals surface area contributed by atoms with E-state index in [1.807, 2.05) is 24.3 Å². The molecule has 0 fully saturated rings. The zero-order valence-corrected chi connectivity index (χ0v) is 15.0. The van der Waals surface area contributed by atoms with E-state index in [9.17, 15) is 9.59 Å². The normalized spacial score (nSPS) is 10.1.